The molecule has 1 saturated heterocycles. The molecule has 1 aromatic carbocycles. The number of aromatic nitrogens is 2. The van der Waals surface area contributed by atoms with Crippen molar-refractivity contribution >= 4 is 22.8 Å². The van der Waals surface area contributed by atoms with Gasteiger partial charge in [0.25, 0.3) is 0 Å². The van der Waals surface area contributed by atoms with Crippen LogP contribution in [-0.2, 0) is 0 Å². The Morgan fingerprint density at radius 1 is 1.21 bits per heavy atom. The van der Waals surface area contributed by atoms with E-state index in [0.29, 0.717) is 0 Å². The fourth-order valence-corrected chi connectivity index (χ4v) is 3.20. The fraction of sp³-hybridized carbons (Fsp3) is 0.471. The first kappa shape index (κ1) is 16.4. The summed E-state index contributed by atoms with van der Waals surface area (Å²) < 4.78 is 13.6. The van der Waals surface area contributed by atoms with Gasteiger partial charge in [0, 0.05) is 45.7 Å². The van der Waals surface area contributed by atoms with Crippen molar-refractivity contribution in [2.45, 2.75) is 18.9 Å². The van der Waals surface area contributed by atoms with E-state index in [1.54, 1.807) is 30.0 Å². The molecule has 0 spiro atoms. The quantitative estimate of drug-likeness (QED) is 0.848. The summed E-state index contributed by atoms with van der Waals surface area (Å²) in [4.78, 5) is 26.2. The number of halogens is 1. The van der Waals surface area contributed by atoms with Crippen molar-refractivity contribution in [1.29, 1.82) is 0 Å². The molecule has 0 aliphatic carbocycles. The molecule has 0 saturated carbocycles. The van der Waals surface area contributed by atoms with Gasteiger partial charge in [-0.2, -0.15) is 0 Å². The lowest BCUT2D eigenvalue weighted by molar-refractivity contribution is 0.155. The number of piperidine rings is 1. The number of amides is 2. The molecule has 0 unspecified atom stereocenters. The fourth-order valence-electron chi connectivity index (χ4n) is 3.20. The average molecular weight is 331 g/mol. The number of fused-ring (bicyclic) bond motifs is 1. The van der Waals surface area contributed by atoms with Crippen LogP contribution in [0.25, 0.3) is 10.9 Å². The van der Waals surface area contributed by atoms with Crippen molar-refractivity contribution in [3.63, 3.8) is 0 Å². The predicted octanol–water partition coefficient (Wildman–Crippen LogP) is 2.35. The normalized spacial score (nSPS) is 15.6. The Morgan fingerprint density at radius 3 is 2.58 bits per heavy atom. The molecule has 0 N–H and O–H groups in total. The SMILES string of the molecule is CN(C)C(=O)N(C)C1CCN(c2ncnc3ccc(F)cc23)CC1. The summed E-state index contributed by atoms with van der Waals surface area (Å²) in [5.74, 6) is 0.476. The van der Waals surface area contributed by atoms with E-state index in [1.165, 1.54) is 18.5 Å². The second-order valence-corrected chi connectivity index (χ2v) is 6.36. The molecule has 2 aromatic rings. The molecule has 1 fully saturated rings. The molecule has 0 bridgehead atoms. The Balaban J connectivity index is 1.76. The largest absolute Gasteiger partial charge is 0.356 e. The van der Waals surface area contributed by atoms with E-state index >= 15 is 0 Å². The van der Waals surface area contributed by atoms with Crippen LogP contribution in [0.1, 0.15) is 12.8 Å². The van der Waals surface area contributed by atoms with Crippen LogP contribution >= 0.6 is 0 Å². The van der Waals surface area contributed by atoms with E-state index in [-0.39, 0.29) is 17.9 Å². The number of anilines is 1. The molecule has 1 aliphatic heterocycles. The van der Waals surface area contributed by atoms with Crippen molar-refractivity contribution in [3.8, 4) is 0 Å². The molecule has 2 heterocycles. The Hall–Kier alpha value is -2.44. The Kier molecular flexibility index (Phi) is 4.51. The van der Waals surface area contributed by atoms with Crippen molar-refractivity contribution in [1.82, 2.24) is 19.8 Å². The van der Waals surface area contributed by atoms with Crippen molar-refractivity contribution in [3.05, 3.63) is 30.3 Å². The van der Waals surface area contributed by atoms with Crippen molar-refractivity contribution < 1.29 is 9.18 Å². The highest BCUT2D eigenvalue weighted by molar-refractivity contribution is 5.89. The lowest BCUT2D eigenvalue weighted by atomic mass is 10.0. The summed E-state index contributed by atoms with van der Waals surface area (Å²) >= 11 is 0. The van der Waals surface area contributed by atoms with Gasteiger partial charge < -0.3 is 14.7 Å². The molecule has 7 heteroatoms. The molecule has 0 atom stereocenters. The molecular formula is C17H22FN5O. The van der Waals surface area contributed by atoms with Crippen LogP contribution in [-0.4, -0.2) is 66.1 Å². The number of hydrogen-bond donors (Lipinski definition) is 0. The maximum absolute atomic E-state index is 13.6. The van der Waals surface area contributed by atoms with Gasteiger partial charge in [-0.3, -0.25) is 0 Å². The number of carbonyl (C=O) groups is 1. The minimum absolute atomic E-state index is 0.0167. The average Bonchev–Trinajstić information content (AvgIpc) is 2.60. The third-order valence-corrected chi connectivity index (χ3v) is 4.57. The molecular weight excluding hydrogens is 309 g/mol. The molecule has 3 rings (SSSR count). The summed E-state index contributed by atoms with van der Waals surface area (Å²) in [5, 5.41) is 0.730. The van der Waals surface area contributed by atoms with E-state index in [2.05, 4.69) is 14.9 Å². The van der Waals surface area contributed by atoms with Crippen LogP contribution in [0.3, 0.4) is 0 Å². The Morgan fingerprint density at radius 2 is 1.92 bits per heavy atom. The van der Waals surface area contributed by atoms with Gasteiger partial charge in [0.15, 0.2) is 0 Å². The Labute approximate surface area is 140 Å². The highest BCUT2D eigenvalue weighted by Gasteiger charge is 2.27. The van der Waals surface area contributed by atoms with Crippen LogP contribution in [0.2, 0.25) is 0 Å². The summed E-state index contributed by atoms with van der Waals surface area (Å²) in [6.45, 7) is 1.55. The van der Waals surface area contributed by atoms with E-state index in [4.69, 9.17) is 0 Å². The standard InChI is InChI=1S/C17H22FN5O/c1-21(2)17(24)22(3)13-6-8-23(9-7-13)16-14-10-12(18)4-5-15(14)19-11-20-16/h4-5,10-11,13H,6-9H2,1-3H3. The van der Waals surface area contributed by atoms with E-state index in [9.17, 15) is 9.18 Å². The highest BCUT2D eigenvalue weighted by atomic mass is 19.1. The van der Waals surface area contributed by atoms with Crippen LogP contribution in [0.5, 0.6) is 0 Å². The number of urea groups is 1. The third-order valence-electron chi connectivity index (χ3n) is 4.57. The van der Waals surface area contributed by atoms with Crippen LogP contribution in [0, 0.1) is 5.82 Å². The molecule has 24 heavy (non-hydrogen) atoms. The van der Waals surface area contributed by atoms with E-state index in [0.717, 1.165) is 42.7 Å². The van der Waals surface area contributed by atoms with E-state index in [1.807, 2.05) is 7.05 Å². The number of carbonyl (C=O) groups excluding carboxylic acids is 1. The zero-order chi connectivity index (χ0) is 17.3. The maximum atomic E-state index is 13.6. The predicted molar refractivity (Wildman–Crippen MR) is 91.6 cm³/mol. The van der Waals surface area contributed by atoms with Gasteiger partial charge in [-0.15, -0.1) is 0 Å². The topological polar surface area (TPSA) is 52.6 Å². The first-order chi connectivity index (χ1) is 11.5. The zero-order valence-electron chi connectivity index (χ0n) is 14.2. The van der Waals surface area contributed by atoms with Crippen LogP contribution in [0.4, 0.5) is 15.0 Å². The summed E-state index contributed by atoms with van der Waals surface area (Å²) in [6, 6.07) is 4.79. The van der Waals surface area contributed by atoms with Gasteiger partial charge in [-0.05, 0) is 31.0 Å². The minimum Gasteiger partial charge on any atom is -0.356 e. The maximum Gasteiger partial charge on any atom is 0.319 e. The summed E-state index contributed by atoms with van der Waals surface area (Å²) in [6.07, 6.45) is 3.23. The lowest BCUT2D eigenvalue weighted by Crippen LogP contribution is -2.48. The van der Waals surface area contributed by atoms with Crippen molar-refractivity contribution in [2.24, 2.45) is 0 Å². The minimum atomic E-state index is -0.287. The molecule has 0 radical (unpaired) electrons. The second kappa shape index (κ2) is 6.59. The van der Waals surface area contributed by atoms with Crippen LogP contribution < -0.4 is 4.90 Å². The van der Waals surface area contributed by atoms with Crippen molar-refractivity contribution in [2.75, 3.05) is 39.1 Å². The first-order valence-electron chi connectivity index (χ1n) is 8.06. The second-order valence-electron chi connectivity index (χ2n) is 6.36. The number of rotatable bonds is 2. The lowest BCUT2D eigenvalue weighted by Gasteiger charge is -2.38. The van der Waals surface area contributed by atoms with E-state index < -0.39 is 0 Å². The molecule has 6 nitrogen and oxygen atoms in total. The molecule has 1 aliphatic rings. The first-order valence-corrected chi connectivity index (χ1v) is 8.06. The number of hydrogen-bond acceptors (Lipinski definition) is 4. The van der Waals surface area contributed by atoms with Gasteiger partial charge >= 0.3 is 6.03 Å². The highest BCUT2D eigenvalue weighted by Crippen LogP contribution is 2.27. The van der Waals surface area contributed by atoms with Gasteiger partial charge in [0.1, 0.15) is 18.0 Å². The third kappa shape index (κ3) is 3.11. The van der Waals surface area contributed by atoms with Gasteiger partial charge in [0.05, 0.1) is 5.52 Å². The number of nitrogens with zero attached hydrogens (tertiary/aromatic N) is 5. The zero-order valence-corrected chi connectivity index (χ0v) is 14.2. The van der Waals surface area contributed by atoms with Gasteiger partial charge in [0.2, 0.25) is 0 Å². The molecule has 1 aromatic heterocycles. The number of benzene rings is 1. The molecule has 128 valence electrons. The molecule has 2 amide bonds. The van der Waals surface area contributed by atoms with Crippen LogP contribution in [0.15, 0.2) is 24.5 Å². The summed E-state index contributed by atoms with van der Waals surface area (Å²) in [7, 11) is 5.36. The Bertz CT molecular complexity index is 743. The monoisotopic (exact) mass is 331 g/mol. The summed E-state index contributed by atoms with van der Waals surface area (Å²) in [5.41, 5.74) is 0.739. The van der Waals surface area contributed by atoms with Gasteiger partial charge in [-0.25, -0.2) is 19.2 Å². The smallest absolute Gasteiger partial charge is 0.319 e. The van der Waals surface area contributed by atoms with Gasteiger partial charge in [-0.1, -0.05) is 0 Å².